The van der Waals surface area contributed by atoms with E-state index in [-0.39, 0.29) is 5.82 Å². The van der Waals surface area contributed by atoms with Gasteiger partial charge in [0, 0.05) is 12.4 Å². The van der Waals surface area contributed by atoms with Crippen LogP contribution in [-0.4, -0.2) is 17.3 Å². The molecule has 0 unspecified atom stereocenters. The summed E-state index contributed by atoms with van der Waals surface area (Å²) in [6, 6.07) is 5.06. The molecule has 0 amide bonds. The molecular weight excluding hydrogens is 279 g/mol. The highest BCUT2D eigenvalue weighted by Gasteiger charge is 2.24. The molecule has 3 rings (SSSR count). The summed E-state index contributed by atoms with van der Waals surface area (Å²) in [5.41, 5.74) is 2.35. The molecule has 1 aromatic heterocycles. The van der Waals surface area contributed by atoms with Crippen molar-refractivity contribution < 1.29 is 13.7 Å². The van der Waals surface area contributed by atoms with Crippen LogP contribution in [0.25, 0.3) is 0 Å². The highest BCUT2D eigenvalue weighted by Crippen LogP contribution is 2.42. The lowest BCUT2D eigenvalue weighted by Crippen LogP contribution is -1.92. The van der Waals surface area contributed by atoms with Gasteiger partial charge in [0.05, 0.1) is 5.75 Å². The Morgan fingerprint density at radius 2 is 2.40 bits per heavy atom. The zero-order chi connectivity index (χ0) is 13.9. The van der Waals surface area contributed by atoms with Crippen LogP contribution >= 0.6 is 11.8 Å². The third-order valence-corrected chi connectivity index (χ3v) is 4.63. The average Bonchev–Trinajstić information content (AvgIpc) is 3.03. The summed E-state index contributed by atoms with van der Waals surface area (Å²) < 4.78 is 23.4. The van der Waals surface area contributed by atoms with Crippen molar-refractivity contribution in [2.75, 3.05) is 7.11 Å². The lowest BCUT2D eigenvalue weighted by atomic mass is 10.1. The molecule has 0 N–H and O–H groups in total. The molecule has 0 saturated heterocycles. The number of halogens is 1. The average molecular weight is 294 g/mol. The number of benzene rings is 1. The Morgan fingerprint density at radius 3 is 3.25 bits per heavy atom. The van der Waals surface area contributed by atoms with Gasteiger partial charge in [0.25, 0.3) is 0 Å². The molecule has 1 aliphatic carbocycles. The van der Waals surface area contributed by atoms with E-state index in [9.17, 15) is 4.39 Å². The smallest absolute Gasteiger partial charge is 0.236 e. The lowest BCUT2D eigenvalue weighted by molar-refractivity contribution is 0.174. The van der Waals surface area contributed by atoms with Crippen molar-refractivity contribution in [2.24, 2.45) is 0 Å². The summed E-state index contributed by atoms with van der Waals surface area (Å²) in [7, 11) is 1.59. The van der Waals surface area contributed by atoms with Gasteiger partial charge in [0.2, 0.25) is 5.89 Å². The van der Waals surface area contributed by atoms with Gasteiger partial charge in [-0.1, -0.05) is 11.2 Å². The molecule has 0 aliphatic heterocycles. The van der Waals surface area contributed by atoms with Crippen molar-refractivity contribution in [3.05, 3.63) is 46.9 Å². The quantitative estimate of drug-likeness (QED) is 0.847. The van der Waals surface area contributed by atoms with Gasteiger partial charge in [-0.25, -0.2) is 4.39 Å². The summed E-state index contributed by atoms with van der Waals surface area (Å²) in [6.07, 6.45) is 2.04. The van der Waals surface area contributed by atoms with E-state index in [4.69, 9.17) is 9.26 Å². The standard InChI is InChI=1S/C14H15FN2O2S/c1-18-7-13-16-14(19-17-13)8-20-12-5-3-9-2-4-10(15)6-11(9)12/h2,4,6,12H,3,5,7-8H2,1H3/t12-/m1/s1. The first kappa shape index (κ1) is 13.6. The normalized spacial score (nSPS) is 17.4. The van der Waals surface area contributed by atoms with Crippen LogP contribution in [0.15, 0.2) is 22.7 Å². The van der Waals surface area contributed by atoms with Crippen LogP contribution in [0.1, 0.15) is 34.5 Å². The van der Waals surface area contributed by atoms with E-state index >= 15 is 0 Å². The summed E-state index contributed by atoms with van der Waals surface area (Å²) >= 11 is 1.72. The Kier molecular flexibility index (Phi) is 4.03. The van der Waals surface area contributed by atoms with Crippen LogP contribution in [0, 0.1) is 5.82 Å². The molecule has 6 heteroatoms. The number of fused-ring (bicyclic) bond motifs is 1. The van der Waals surface area contributed by atoms with Crippen molar-refractivity contribution in [2.45, 2.75) is 30.5 Å². The minimum absolute atomic E-state index is 0.170. The molecule has 0 bridgehead atoms. The van der Waals surface area contributed by atoms with Crippen molar-refractivity contribution in [3.8, 4) is 0 Å². The maximum absolute atomic E-state index is 13.3. The highest BCUT2D eigenvalue weighted by molar-refractivity contribution is 7.98. The first-order valence-corrected chi connectivity index (χ1v) is 7.51. The van der Waals surface area contributed by atoms with Crippen molar-refractivity contribution in [3.63, 3.8) is 0 Å². The predicted molar refractivity (Wildman–Crippen MR) is 73.8 cm³/mol. The number of methoxy groups -OCH3 is 1. The largest absolute Gasteiger partial charge is 0.377 e. The maximum atomic E-state index is 13.3. The van der Waals surface area contributed by atoms with Crippen molar-refractivity contribution >= 4 is 11.8 Å². The Bertz CT molecular complexity index is 603. The molecule has 0 saturated carbocycles. The number of nitrogens with zero attached hydrogens (tertiary/aromatic N) is 2. The number of aromatic nitrogens is 2. The summed E-state index contributed by atoms with van der Waals surface area (Å²) in [6.45, 7) is 0.353. The topological polar surface area (TPSA) is 48.2 Å². The third-order valence-electron chi connectivity index (χ3n) is 3.32. The molecule has 20 heavy (non-hydrogen) atoms. The number of ether oxygens (including phenoxy) is 1. The first-order valence-electron chi connectivity index (χ1n) is 6.46. The second kappa shape index (κ2) is 5.93. The highest BCUT2D eigenvalue weighted by atomic mass is 32.2. The second-order valence-corrected chi connectivity index (χ2v) is 5.91. The van der Waals surface area contributed by atoms with Gasteiger partial charge in [-0.05, 0) is 36.1 Å². The molecule has 0 fully saturated rings. The van der Waals surface area contributed by atoms with E-state index in [1.807, 2.05) is 6.07 Å². The van der Waals surface area contributed by atoms with E-state index in [1.165, 1.54) is 11.6 Å². The van der Waals surface area contributed by atoms with Crippen LogP contribution in [0.5, 0.6) is 0 Å². The fourth-order valence-electron chi connectivity index (χ4n) is 2.42. The molecule has 1 aromatic carbocycles. The SMILES string of the molecule is COCc1noc(CS[C@@H]2CCc3ccc(F)cc32)n1. The van der Waals surface area contributed by atoms with E-state index in [0.717, 1.165) is 18.4 Å². The molecule has 0 spiro atoms. The van der Waals surface area contributed by atoms with Crippen molar-refractivity contribution in [1.82, 2.24) is 10.1 Å². The molecular formula is C14H15FN2O2S. The van der Waals surface area contributed by atoms with Crippen LogP contribution < -0.4 is 0 Å². The fraction of sp³-hybridized carbons (Fsp3) is 0.429. The minimum atomic E-state index is -0.170. The predicted octanol–water partition coefficient (Wildman–Crippen LogP) is 3.28. The second-order valence-electron chi connectivity index (χ2n) is 4.72. The Labute approximate surface area is 120 Å². The number of rotatable bonds is 5. The van der Waals surface area contributed by atoms with Gasteiger partial charge in [0.1, 0.15) is 12.4 Å². The number of hydrogen-bond acceptors (Lipinski definition) is 5. The number of hydrogen-bond donors (Lipinski definition) is 0. The third kappa shape index (κ3) is 2.86. The van der Waals surface area contributed by atoms with Crippen LogP contribution in [0.4, 0.5) is 4.39 Å². The van der Waals surface area contributed by atoms with Crippen molar-refractivity contribution in [1.29, 1.82) is 0 Å². The van der Waals surface area contributed by atoms with E-state index in [1.54, 1.807) is 24.9 Å². The van der Waals surface area contributed by atoms with E-state index in [2.05, 4.69) is 10.1 Å². The molecule has 1 heterocycles. The summed E-state index contributed by atoms with van der Waals surface area (Å²) in [5.74, 6) is 1.61. The van der Waals surface area contributed by atoms with Gasteiger partial charge in [-0.3, -0.25) is 0 Å². The van der Waals surface area contributed by atoms with E-state index in [0.29, 0.717) is 29.3 Å². The fourth-order valence-corrected chi connectivity index (χ4v) is 3.56. The monoisotopic (exact) mass is 294 g/mol. The van der Waals surface area contributed by atoms with Crippen LogP contribution in [0.3, 0.4) is 0 Å². The molecule has 0 radical (unpaired) electrons. The zero-order valence-electron chi connectivity index (χ0n) is 11.1. The van der Waals surface area contributed by atoms with Gasteiger partial charge < -0.3 is 9.26 Å². The van der Waals surface area contributed by atoms with Gasteiger partial charge in [-0.15, -0.1) is 11.8 Å². The van der Waals surface area contributed by atoms with E-state index < -0.39 is 0 Å². The number of thioether (sulfide) groups is 1. The zero-order valence-corrected chi connectivity index (χ0v) is 12.0. The molecule has 4 nitrogen and oxygen atoms in total. The van der Waals surface area contributed by atoms with Crippen LogP contribution in [0.2, 0.25) is 0 Å². The molecule has 1 atom stereocenters. The lowest BCUT2D eigenvalue weighted by Gasteiger charge is -2.09. The molecule has 1 aliphatic rings. The first-order chi connectivity index (χ1) is 9.76. The van der Waals surface area contributed by atoms with Gasteiger partial charge >= 0.3 is 0 Å². The van der Waals surface area contributed by atoms with Crippen LogP contribution in [-0.2, 0) is 23.5 Å². The summed E-state index contributed by atoms with van der Waals surface area (Å²) in [5, 5.41) is 4.13. The molecule has 2 aromatic rings. The Balaban J connectivity index is 1.63. The van der Waals surface area contributed by atoms with Gasteiger partial charge in [0.15, 0.2) is 5.82 Å². The summed E-state index contributed by atoms with van der Waals surface area (Å²) in [4.78, 5) is 4.24. The Morgan fingerprint density at radius 1 is 1.50 bits per heavy atom. The Hall–Kier alpha value is -1.40. The molecule has 106 valence electrons. The maximum Gasteiger partial charge on any atom is 0.236 e. The van der Waals surface area contributed by atoms with Gasteiger partial charge in [-0.2, -0.15) is 4.98 Å². The minimum Gasteiger partial charge on any atom is -0.377 e. The number of aryl methyl sites for hydroxylation is 1.